The van der Waals surface area contributed by atoms with E-state index in [1.807, 2.05) is 0 Å². The summed E-state index contributed by atoms with van der Waals surface area (Å²) in [5.74, 6) is 0.395. The third-order valence-corrected chi connectivity index (χ3v) is 3.89. The Morgan fingerprint density at radius 1 is 1.48 bits per heavy atom. The number of anilines is 1. The predicted molar refractivity (Wildman–Crippen MR) is 78.8 cm³/mol. The molecule has 1 aliphatic carbocycles. The van der Waals surface area contributed by atoms with Gasteiger partial charge < -0.3 is 11.1 Å². The second-order valence-corrected chi connectivity index (χ2v) is 5.43. The van der Waals surface area contributed by atoms with Crippen molar-refractivity contribution in [3.05, 3.63) is 27.9 Å². The lowest BCUT2D eigenvalue weighted by Gasteiger charge is -2.09. The number of nitrogens with one attached hydrogen (secondary N) is 1. The fourth-order valence-corrected chi connectivity index (χ4v) is 2.78. The van der Waals surface area contributed by atoms with E-state index in [2.05, 4.69) is 10.3 Å². The zero-order chi connectivity index (χ0) is 15.2. The molecule has 0 unspecified atom stereocenters. The van der Waals surface area contributed by atoms with Gasteiger partial charge in [0.1, 0.15) is 17.6 Å². The number of rotatable bonds is 6. The highest BCUT2D eigenvalue weighted by Gasteiger charge is 2.21. The normalized spacial score (nSPS) is 15.0. The quantitative estimate of drug-likeness (QED) is 0.474. The Bertz CT molecular complexity index is 527. The van der Waals surface area contributed by atoms with Gasteiger partial charge in [0, 0.05) is 6.54 Å². The number of nitro groups is 1. The summed E-state index contributed by atoms with van der Waals surface area (Å²) in [6, 6.07) is 1.24. The van der Waals surface area contributed by atoms with E-state index in [9.17, 15) is 14.9 Å². The zero-order valence-corrected chi connectivity index (χ0v) is 11.9. The highest BCUT2D eigenvalue weighted by atomic mass is 16.6. The molecule has 1 heterocycles. The summed E-state index contributed by atoms with van der Waals surface area (Å²) in [5, 5.41) is 13.6. The zero-order valence-electron chi connectivity index (χ0n) is 11.9. The van der Waals surface area contributed by atoms with Crippen LogP contribution in [0, 0.1) is 16.0 Å². The van der Waals surface area contributed by atoms with Gasteiger partial charge in [0.25, 0.3) is 11.6 Å². The lowest BCUT2D eigenvalue weighted by atomic mass is 10.0. The van der Waals surface area contributed by atoms with Gasteiger partial charge in [-0.3, -0.25) is 14.9 Å². The van der Waals surface area contributed by atoms with Crippen LogP contribution in [-0.2, 0) is 0 Å². The van der Waals surface area contributed by atoms with Crippen molar-refractivity contribution in [3.63, 3.8) is 0 Å². The smallest absolute Gasteiger partial charge is 0.300 e. The number of nitrogens with zero attached hydrogens (tertiary/aromatic N) is 2. The molecule has 0 bridgehead atoms. The van der Waals surface area contributed by atoms with E-state index in [4.69, 9.17) is 5.73 Å². The molecule has 1 fully saturated rings. The van der Waals surface area contributed by atoms with Gasteiger partial charge in [-0.1, -0.05) is 25.7 Å². The Hall–Kier alpha value is -2.18. The number of pyridine rings is 1. The van der Waals surface area contributed by atoms with E-state index in [1.54, 1.807) is 0 Å². The summed E-state index contributed by atoms with van der Waals surface area (Å²) in [7, 11) is 0. The maximum absolute atomic E-state index is 12.0. The molecule has 0 atom stereocenters. The minimum Gasteiger partial charge on any atom is -0.384 e. The van der Waals surface area contributed by atoms with E-state index < -0.39 is 10.8 Å². The number of hydrogen-bond donors (Lipinski definition) is 2. The first-order valence-corrected chi connectivity index (χ1v) is 7.26. The number of hydrogen-bond acceptors (Lipinski definition) is 5. The van der Waals surface area contributed by atoms with Gasteiger partial charge in [-0.15, -0.1) is 0 Å². The molecule has 21 heavy (non-hydrogen) atoms. The molecule has 7 nitrogen and oxygen atoms in total. The maximum atomic E-state index is 12.0. The topological polar surface area (TPSA) is 111 Å². The van der Waals surface area contributed by atoms with Crippen LogP contribution in [0.25, 0.3) is 0 Å². The SMILES string of the molecule is Nc1cc(C(=O)NCCCC2CCCC2)c([N+](=O)[O-])cn1. The number of carbonyl (C=O) groups is 1. The summed E-state index contributed by atoms with van der Waals surface area (Å²) < 4.78 is 0. The predicted octanol–water partition coefficient (Wildman–Crippen LogP) is 2.27. The molecule has 1 aromatic rings. The second kappa shape index (κ2) is 7.01. The molecule has 3 N–H and O–H groups in total. The summed E-state index contributed by atoms with van der Waals surface area (Å²) in [4.78, 5) is 25.9. The van der Waals surface area contributed by atoms with Crippen LogP contribution in [0.15, 0.2) is 12.3 Å². The van der Waals surface area contributed by atoms with Crippen LogP contribution in [-0.4, -0.2) is 22.4 Å². The van der Waals surface area contributed by atoms with Crippen molar-refractivity contribution in [2.24, 2.45) is 5.92 Å². The summed E-state index contributed by atoms with van der Waals surface area (Å²) in [6.07, 6.45) is 8.17. The van der Waals surface area contributed by atoms with Crippen LogP contribution in [0.5, 0.6) is 0 Å². The first kappa shape index (κ1) is 15.2. The third kappa shape index (κ3) is 4.14. The molecule has 1 amide bonds. The Morgan fingerprint density at radius 2 is 2.19 bits per heavy atom. The molecule has 7 heteroatoms. The van der Waals surface area contributed by atoms with Crippen LogP contribution in [0.4, 0.5) is 11.5 Å². The Morgan fingerprint density at radius 3 is 2.86 bits per heavy atom. The van der Waals surface area contributed by atoms with E-state index in [1.165, 1.54) is 31.7 Å². The number of amides is 1. The molecule has 0 radical (unpaired) electrons. The van der Waals surface area contributed by atoms with E-state index in [0.29, 0.717) is 6.54 Å². The molecule has 114 valence electrons. The van der Waals surface area contributed by atoms with Crippen molar-refractivity contribution in [1.29, 1.82) is 0 Å². The number of nitrogens with two attached hydrogens (primary N) is 1. The fraction of sp³-hybridized carbons (Fsp3) is 0.571. The van der Waals surface area contributed by atoms with Gasteiger partial charge in [0.05, 0.1) is 4.92 Å². The molecular weight excluding hydrogens is 272 g/mol. The second-order valence-electron chi connectivity index (χ2n) is 5.43. The van der Waals surface area contributed by atoms with Gasteiger partial charge in [-0.2, -0.15) is 0 Å². The van der Waals surface area contributed by atoms with Gasteiger partial charge in [-0.05, 0) is 24.8 Å². The van der Waals surface area contributed by atoms with Crippen LogP contribution >= 0.6 is 0 Å². The molecule has 1 aromatic heterocycles. The van der Waals surface area contributed by atoms with Gasteiger partial charge in [0.2, 0.25) is 0 Å². The van der Waals surface area contributed by atoms with Crippen molar-refractivity contribution in [2.45, 2.75) is 38.5 Å². The minimum absolute atomic E-state index is 0.0339. The summed E-state index contributed by atoms with van der Waals surface area (Å²) in [5.41, 5.74) is 5.13. The Balaban J connectivity index is 1.87. The van der Waals surface area contributed by atoms with Crippen molar-refractivity contribution in [2.75, 3.05) is 12.3 Å². The molecule has 1 aliphatic rings. The van der Waals surface area contributed by atoms with Gasteiger partial charge in [0.15, 0.2) is 0 Å². The highest BCUT2D eigenvalue weighted by molar-refractivity contribution is 5.98. The van der Waals surface area contributed by atoms with Crippen LogP contribution in [0.2, 0.25) is 0 Å². The molecule has 1 saturated carbocycles. The van der Waals surface area contributed by atoms with Gasteiger partial charge >= 0.3 is 0 Å². The average molecular weight is 292 g/mol. The van der Waals surface area contributed by atoms with E-state index >= 15 is 0 Å². The van der Waals surface area contributed by atoms with Crippen molar-refractivity contribution >= 4 is 17.4 Å². The molecule has 0 spiro atoms. The van der Waals surface area contributed by atoms with E-state index in [0.717, 1.165) is 25.0 Å². The maximum Gasteiger partial charge on any atom is 0.300 e. The van der Waals surface area contributed by atoms with Crippen LogP contribution < -0.4 is 11.1 Å². The van der Waals surface area contributed by atoms with Crippen molar-refractivity contribution in [3.8, 4) is 0 Å². The molecular formula is C14H20N4O3. The first-order valence-electron chi connectivity index (χ1n) is 7.26. The minimum atomic E-state index is -0.625. The highest BCUT2D eigenvalue weighted by Crippen LogP contribution is 2.28. The number of carbonyl (C=O) groups excluding carboxylic acids is 1. The monoisotopic (exact) mass is 292 g/mol. The van der Waals surface area contributed by atoms with Crippen LogP contribution in [0.1, 0.15) is 48.9 Å². The Kier molecular flexibility index (Phi) is 5.08. The average Bonchev–Trinajstić information content (AvgIpc) is 2.96. The standard InChI is InChI=1S/C14H20N4O3/c15-13-8-11(12(9-17-13)18(20)21)14(19)16-7-3-6-10-4-1-2-5-10/h8-10H,1-7H2,(H2,15,17)(H,16,19). The number of aromatic nitrogens is 1. The third-order valence-electron chi connectivity index (χ3n) is 3.89. The molecule has 0 aromatic carbocycles. The Labute approximate surface area is 123 Å². The first-order chi connectivity index (χ1) is 10.1. The lowest BCUT2D eigenvalue weighted by Crippen LogP contribution is -2.25. The van der Waals surface area contributed by atoms with E-state index in [-0.39, 0.29) is 17.1 Å². The summed E-state index contributed by atoms with van der Waals surface area (Å²) in [6.45, 7) is 0.523. The lowest BCUT2D eigenvalue weighted by molar-refractivity contribution is -0.385. The van der Waals surface area contributed by atoms with Crippen molar-refractivity contribution < 1.29 is 9.72 Å². The summed E-state index contributed by atoms with van der Waals surface area (Å²) >= 11 is 0. The molecule has 0 aliphatic heterocycles. The van der Waals surface area contributed by atoms with Crippen molar-refractivity contribution in [1.82, 2.24) is 10.3 Å². The largest absolute Gasteiger partial charge is 0.384 e. The van der Waals surface area contributed by atoms with Gasteiger partial charge in [-0.25, -0.2) is 4.98 Å². The molecule has 2 rings (SSSR count). The number of nitrogen functional groups attached to an aromatic ring is 1. The van der Waals surface area contributed by atoms with Crippen LogP contribution in [0.3, 0.4) is 0 Å². The fourth-order valence-electron chi connectivity index (χ4n) is 2.78. The molecule has 0 saturated heterocycles.